The van der Waals surface area contributed by atoms with Crippen molar-refractivity contribution < 1.29 is 5.11 Å². The predicted octanol–water partition coefficient (Wildman–Crippen LogP) is 3.27. The van der Waals surface area contributed by atoms with E-state index >= 15 is 0 Å². The maximum Gasteiger partial charge on any atom is 0.119 e. The van der Waals surface area contributed by atoms with Gasteiger partial charge in [-0.1, -0.05) is 19.1 Å². The summed E-state index contributed by atoms with van der Waals surface area (Å²) in [5.74, 6) is 0.451. The fraction of sp³-hybridized carbons (Fsp3) is 0.588. The first kappa shape index (κ1) is 14.9. The lowest BCUT2D eigenvalue weighted by Crippen LogP contribution is -2.40. The summed E-state index contributed by atoms with van der Waals surface area (Å²) in [7, 11) is 0. The second-order valence-corrected chi connectivity index (χ2v) is 5.61. The van der Waals surface area contributed by atoms with Crippen LogP contribution in [-0.2, 0) is 12.8 Å². The molecule has 3 heteroatoms. The van der Waals surface area contributed by atoms with E-state index in [0.29, 0.717) is 18.2 Å². The Bertz CT molecular complexity index is 478. The number of nitrogens with zero attached hydrogens (tertiary/aromatic N) is 2. The van der Waals surface area contributed by atoms with E-state index in [1.807, 2.05) is 6.07 Å². The molecule has 1 N–H and O–H groups in total. The molecule has 1 aliphatic rings. The molecule has 0 aromatic heterocycles. The molecule has 0 amide bonds. The molecule has 108 valence electrons. The Kier molecular flexibility index (Phi) is 5.43. The number of aromatic hydroxyl groups is 1. The summed E-state index contributed by atoms with van der Waals surface area (Å²) in [5, 5.41) is 18.6. The molecule has 0 spiro atoms. The molecular weight excluding hydrogens is 248 g/mol. The molecule has 0 saturated heterocycles. The standard InChI is InChI=1S/C17H24N2O/c1-2-11-19(12-4-3-10-18)15-8-9-16-14(13-15)6-5-7-17(16)20/h5-7,15,20H,2-4,8-9,11-13H2,1H3. The lowest BCUT2D eigenvalue weighted by atomic mass is 9.86. The van der Waals surface area contributed by atoms with Crippen molar-refractivity contribution >= 4 is 0 Å². The Morgan fingerprint density at radius 2 is 2.25 bits per heavy atom. The molecule has 1 aliphatic carbocycles. The SMILES string of the molecule is CCCN(CCCC#N)C1CCc2c(O)cccc2C1. The van der Waals surface area contributed by atoms with Crippen LogP contribution in [0.4, 0.5) is 0 Å². The Labute approximate surface area is 121 Å². The number of nitriles is 1. The molecule has 20 heavy (non-hydrogen) atoms. The van der Waals surface area contributed by atoms with Gasteiger partial charge in [-0.3, -0.25) is 0 Å². The second-order valence-electron chi connectivity index (χ2n) is 5.61. The molecule has 1 aromatic carbocycles. The van der Waals surface area contributed by atoms with Crippen molar-refractivity contribution in [3.63, 3.8) is 0 Å². The molecule has 1 atom stereocenters. The summed E-state index contributed by atoms with van der Waals surface area (Å²) >= 11 is 0. The largest absolute Gasteiger partial charge is 0.508 e. The molecule has 1 unspecified atom stereocenters. The molecule has 1 aromatic rings. The summed E-state index contributed by atoms with van der Waals surface area (Å²) in [6, 6.07) is 8.66. The zero-order valence-corrected chi connectivity index (χ0v) is 12.3. The summed E-state index contributed by atoms with van der Waals surface area (Å²) < 4.78 is 0. The van der Waals surface area contributed by atoms with Gasteiger partial charge in [-0.25, -0.2) is 0 Å². The van der Waals surface area contributed by atoms with E-state index in [9.17, 15) is 5.11 Å². The van der Waals surface area contributed by atoms with E-state index < -0.39 is 0 Å². The smallest absolute Gasteiger partial charge is 0.119 e. The molecule has 0 saturated carbocycles. The summed E-state index contributed by atoms with van der Waals surface area (Å²) in [5.41, 5.74) is 2.43. The predicted molar refractivity (Wildman–Crippen MR) is 80.6 cm³/mol. The van der Waals surface area contributed by atoms with E-state index in [1.165, 1.54) is 5.56 Å². The fourth-order valence-electron chi connectivity index (χ4n) is 3.20. The van der Waals surface area contributed by atoms with Crippen molar-refractivity contribution in [3.8, 4) is 11.8 Å². The highest BCUT2D eigenvalue weighted by molar-refractivity contribution is 5.41. The molecular formula is C17H24N2O. The highest BCUT2D eigenvalue weighted by Crippen LogP contribution is 2.30. The van der Waals surface area contributed by atoms with E-state index in [1.54, 1.807) is 6.07 Å². The number of phenolic OH excluding ortho intramolecular Hbond substituents is 1. The Morgan fingerprint density at radius 3 is 3.00 bits per heavy atom. The number of rotatable bonds is 6. The van der Waals surface area contributed by atoms with Crippen molar-refractivity contribution in [3.05, 3.63) is 29.3 Å². The third-order valence-electron chi connectivity index (χ3n) is 4.19. The summed E-state index contributed by atoms with van der Waals surface area (Å²) in [4.78, 5) is 2.53. The molecule has 0 heterocycles. The Morgan fingerprint density at radius 1 is 1.40 bits per heavy atom. The van der Waals surface area contributed by atoms with Gasteiger partial charge in [0, 0.05) is 12.5 Å². The van der Waals surface area contributed by atoms with Crippen LogP contribution in [0.2, 0.25) is 0 Å². The van der Waals surface area contributed by atoms with Crippen molar-refractivity contribution in [1.82, 2.24) is 4.90 Å². The fourth-order valence-corrected chi connectivity index (χ4v) is 3.20. The normalized spacial score (nSPS) is 17.8. The zero-order valence-electron chi connectivity index (χ0n) is 12.3. The molecule has 2 rings (SSSR count). The minimum absolute atomic E-state index is 0.451. The average molecular weight is 272 g/mol. The van der Waals surface area contributed by atoms with Crippen LogP contribution < -0.4 is 0 Å². The second kappa shape index (κ2) is 7.31. The minimum Gasteiger partial charge on any atom is -0.508 e. The quantitative estimate of drug-likeness (QED) is 0.809. The van der Waals surface area contributed by atoms with Crippen LogP contribution in [-0.4, -0.2) is 29.1 Å². The molecule has 0 radical (unpaired) electrons. The van der Waals surface area contributed by atoms with Crippen LogP contribution in [0.5, 0.6) is 5.75 Å². The van der Waals surface area contributed by atoms with Gasteiger partial charge in [-0.2, -0.15) is 5.26 Å². The third-order valence-corrected chi connectivity index (χ3v) is 4.19. The van der Waals surface area contributed by atoms with Gasteiger partial charge in [-0.05, 0) is 62.4 Å². The van der Waals surface area contributed by atoms with Gasteiger partial charge in [-0.15, -0.1) is 0 Å². The number of hydrogen-bond acceptors (Lipinski definition) is 3. The van der Waals surface area contributed by atoms with Gasteiger partial charge in [0.2, 0.25) is 0 Å². The first-order chi connectivity index (χ1) is 9.76. The van der Waals surface area contributed by atoms with E-state index in [-0.39, 0.29) is 0 Å². The Balaban J connectivity index is 2.03. The van der Waals surface area contributed by atoms with Crippen LogP contribution in [0.3, 0.4) is 0 Å². The highest BCUT2D eigenvalue weighted by atomic mass is 16.3. The first-order valence-electron chi connectivity index (χ1n) is 7.67. The van der Waals surface area contributed by atoms with Crippen molar-refractivity contribution in [2.75, 3.05) is 13.1 Å². The van der Waals surface area contributed by atoms with E-state index in [4.69, 9.17) is 5.26 Å². The zero-order chi connectivity index (χ0) is 14.4. The van der Waals surface area contributed by atoms with Crippen LogP contribution in [0.15, 0.2) is 18.2 Å². The molecule has 3 nitrogen and oxygen atoms in total. The first-order valence-corrected chi connectivity index (χ1v) is 7.67. The van der Waals surface area contributed by atoms with Gasteiger partial charge in [0.15, 0.2) is 0 Å². The monoisotopic (exact) mass is 272 g/mol. The molecule has 0 aliphatic heterocycles. The minimum atomic E-state index is 0.451. The van der Waals surface area contributed by atoms with Crippen LogP contribution in [0.25, 0.3) is 0 Å². The third kappa shape index (κ3) is 3.52. The molecule has 0 fully saturated rings. The van der Waals surface area contributed by atoms with Crippen molar-refractivity contribution in [2.24, 2.45) is 0 Å². The number of benzene rings is 1. The highest BCUT2D eigenvalue weighted by Gasteiger charge is 2.24. The van der Waals surface area contributed by atoms with Gasteiger partial charge in [0.1, 0.15) is 5.75 Å². The summed E-state index contributed by atoms with van der Waals surface area (Å²) in [6.45, 7) is 4.32. The lowest BCUT2D eigenvalue weighted by molar-refractivity contribution is 0.177. The number of hydrogen-bond donors (Lipinski definition) is 1. The lowest BCUT2D eigenvalue weighted by Gasteiger charge is -2.35. The number of fused-ring (bicyclic) bond motifs is 1. The number of unbranched alkanes of at least 4 members (excludes halogenated alkanes) is 1. The maximum absolute atomic E-state index is 9.91. The average Bonchev–Trinajstić information content (AvgIpc) is 2.46. The van der Waals surface area contributed by atoms with Gasteiger partial charge in [0.25, 0.3) is 0 Å². The number of phenols is 1. The van der Waals surface area contributed by atoms with Crippen LogP contribution in [0.1, 0.15) is 43.7 Å². The summed E-state index contributed by atoms with van der Waals surface area (Å²) in [6.07, 6.45) is 5.85. The Hall–Kier alpha value is -1.53. The molecule has 0 bridgehead atoms. The van der Waals surface area contributed by atoms with Gasteiger partial charge < -0.3 is 10.0 Å². The van der Waals surface area contributed by atoms with E-state index in [0.717, 1.165) is 50.8 Å². The maximum atomic E-state index is 9.91. The van der Waals surface area contributed by atoms with E-state index in [2.05, 4.69) is 24.0 Å². The topological polar surface area (TPSA) is 47.3 Å². The van der Waals surface area contributed by atoms with Crippen molar-refractivity contribution in [1.29, 1.82) is 5.26 Å². The van der Waals surface area contributed by atoms with Crippen molar-refractivity contribution in [2.45, 2.75) is 51.5 Å². The van der Waals surface area contributed by atoms with Gasteiger partial charge in [0.05, 0.1) is 6.07 Å². The van der Waals surface area contributed by atoms with Crippen LogP contribution in [0, 0.1) is 11.3 Å². The van der Waals surface area contributed by atoms with Crippen LogP contribution >= 0.6 is 0 Å². The van der Waals surface area contributed by atoms with Gasteiger partial charge >= 0.3 is 0 Å².